The summed E-state index contributed by atoms with van der Waals surface area (Å²) >= 11 is 0. The zero-order valence-electron chi connectivity index (χ0n) is 14.9. The number of aromatic nitrogens is 1. The van der Waals surface area contributed by atoms with E-state index in [4.69, 9.17) is 4.74 Å². The van der Waals surface area contributed by atoms with Crippen molar-refractivity contribution in [1.82, 2.24) is 9.88 Å². The summed E-state index contributed by atoms with van der Waals surface area (Å²) in [4.78, 5) is 20.6. The van der Waals surface area contributed by atoms with Crippen molar-refractivity contribution in [3.63, 3.8) is 0 Å². The summed E-state index contributed by atoms with van der Waals surface area (Å²) < 4.78 is 30.4. The second-order valence-electron chi connectivity index (χ2n) is 7.61. The summed E-state index contributed by atoms with van der Waals surface area (Å²) in [5, 5.41) is 0. The minimum absolute atomic E-state index is 0.121. The van der Waals surface area contributed by atoms with Gasteiger partial charge in [0, 0.05) is 13.1 Å². The van der Waals surface area contributed by atoms with Crippen molar-refractivity contribution in [2.75, 3.05) is 29.0 Å². The van der Waals surface area contributed by atoms with E-state index in [0.29, 0.717) is 18.8 Å². The number of hydrogen-bond donors (Lipinski definition) is 1. The number of likely N-dealkylation sites (tertiary alicyclic amines) is 1. The molecule has 2 aliphatic heterocycles. The number of carbonyl (C=O) groups excluding carboxylic acids is 1. The molecule has 0 saturated carbocycles. The molecule has 3 heterocycles. The molecular weight excluding hydrogens is 344 g/mol. The van der Waals surface area contributed by atoms with Crippen LogP contribution in [-0.2, 0) is 14.8 Å². The molecule has 0 aliphatic carbocycles. The SMILES string of the molecule is CC(C)(C)OC(=O)N1C[C@@H]2C[C@H]1CN2c1ccc(NS(C)(=O)=O)cn1. The first-order valence-corrected chi connectivity index (χ1v) is 10.1. The monoisotopic (exact) mass is 368 g/mol. The minimum atomic E-state index is -3.31. The van der Waals surface area contributed by atoms with Crippen molar-refractivity contribution in [1.29, 1.82) is 0 Å². The molecule has 1 amide bonds. The number of rotatable bonds is 3. The lowest BCUT2D eigenvalue weighted by Crippen LogP contribution is -2.50. The van der Waals surface area contributed by atoms with Gasteiger partial charge in [-0.25, -0.2) is 18.2 Å². The number of pyridine rings is 1. The number of anilines is 2. The fraction of sp³-hybridized carbons (Fsp3) is 0.625. The molecule has 0 aromatic carbocycles. The summed E-state index contributed by atoms with van der Waals surface area (Å²) in [6, 6.07) is 3.82. The molecular formula is C16H24N4O4S. The fourth-order valence-corrected chi connectivity index (χ4v) is 3.87. The third kappa shape index (κ3) is 4.15. The van der Waals surface area contributed by atoms with Crippen LogP contribution < -0.4 is 9.62 Å². The molecule has 2 fully saturated rings. The zero-order valence-corrected chi connectivity index (χ0v) is 15.7. The Hall–Kier alpha value is -2.03. The van der Waals surface area contributed by atoms with Crippen LogP contribution in [0, 0.1) is 0 Å². The molecule has 2 atom stereocenters. The Morgan fingerprint density at radius 2 is 2.00 bits per heavy atom. The number of piperazine rings is 1. The van der Waals surface area contributed by atoms with E-state index in [2.05, 4.69) is 14.6 Å². The van der Waals surface area contributed by atoms with Gasteiger partial charge in [-0.05, 0) is 39.3 Å². The first-order valence-electron chi connectivity index (χ1n) is 8.22. The normalized spacial score (nSPS) is 23.0. The van der Waals surface area contributed by atoms with E-state index in [9.17, 15) is 13.2 Å². The van der Waals surface area contributed by atoms with Gasteiger partial charge in [0.15, 0.2) is 0 Å². The van der Waals surface area contributed by atoms with Gasteiger partial charge in [0.1, 0.15) is 11.4 Å². The lowest BCUT2D eigenvalue weighted by molar-refractivity contribution is 0.0214. The highest BCUT2D eigenvalue weighted by Crippen LogP contribution is 2.34. The van der Waals surface area contributed by atoms with Crippen molar-refractivity contribution in [3.8, 4) is 0 Å². The average molecular weight is 368 g/mol. The summed E-state index contributed by atoms with van der Waals surface area (Å²) in [6.07, 6.45) is 3.24. The maximum absolute atomic E-state index is 12.3. The van der Waals surface area contributed by atoms with Gasteiger partial charge in [0.05, 0.1) is 30.2 Å². The number of ether oxygens (including phenoxy) is 1. The number of nitrogens with one attached hydrogen (secondary N) is 1. The predicted molar refractivity (Wildman–Crippen MR) is 95.2 cm³/mol. The van der Waals surface area contributed by atoms with Crippen LogP contribution in [0.4, 0.5) is 16.3 Å². The molecule has 2 saturated heterocycles. The highest BCUT2D eigenvalue weighted by atomic mass is 32.2. The van der Waals surface area contributed by atoms with Gasteiger partial charge in [-0.15, -0.1) is 0 Å². The summed E-state index contributed by atoms with van der Waals surface area (Å²) in [5.74, 6) is 0.787. The predicted octanol–water partition coefficient (Wildman–Crippen LogP) is 1.65. The molecule has 2 bridgehead atoms. The molecule has 2 aliphatic rings. The van der Waals surface area contributed by atoms with Crippen LogP contribution in [0.5, 0.6) is 0 Å². The topological polar surface area (TPSA) is 91.8 Å². The Kier molecular flexibility index (Phi) is 4.30. The van der Waals surface area contributed by atoms with Gasteiger partial charge in [-0.3, -0.25) is 4.72 Å². The lowest BCUT2D eigenvalue weighted by Gasteiger charge is -2.35. The molecule has 0 unspecified atom stereocenters. The summed E-state index contributed by atoms with van der Waals surface area (Å²) in [6.45, 7) is 6.91. The van der Waals surface area contributed by atoms with E-state index in [0.717, 1.165) is 18.5 Å². The minimum Gasteiger partial charge on any atom is -0.444 e. The quantitative estimate of drug-likeness (QED) is 0.872. The summed E-state index contributed by atoms with van der Waals surface area (Å²) in [7, 11) is -3.31. The smallest absolute Gasteiger partial charge is 0.410 e. The van der Waals surface area contributed by atoms with Crippen molar-refractivity contribution < 1.29 is 17.9 Å². The first-order chi connectivity index (χ1) is 11.5. The van der Waals surface area contributed by atoms with Crippen molar-refractivity contribution >= 4 is 27.6 Å². The number of amides is 1. The third-order valence-electron chi connectivity index (χ3n) is 4.21. The van der Waals surface area contributed by atoms with Crippen LogP contribution in [0.15, 0.2) is 18.3 Å². The van der Waals surface area contributed by atoms with Crippen LogP contribution in [0.3, 0.4) is 0 Å². The van der Waals surface area contributed by atoms with Crippen LogP contribution >= 0.6 is 0 Å². The van der Waals surface area contributed by atoms with Crippen LogP contribution in [0.2, 0.25) is 0 Å². The zero-order chi connectivity index (χ0) is 18.4. The van der Waals surface area contributed by atoms with Gasteiger partial charge in [-0.2, -0.15) is 0 Å². The van der Waals surface area contributed by atoms with Crippen LogP contribution in [-0.4, -0.2) is 61.4 Å². The van der Waals surface area contributed by atoms with E-state index in [1.54, 1.807) is 17.0 Å². The van der Waals surface area contributed by atoms with E-state index in [1.165, 1.54) is 6.20 Å². The highest BCUT2D eigenvalue weighted by molar-refractivity contribution is 7.92. The molecule has 3 rings (SSSR count). The van der Waals surface area contributed by atoms with E-state index in [1.807, 2.05) is 20.8 Å². The number of carbonyl (C=O) groups is 1. The van der Waals surface area contributed by atoms with E-state index < -0.39 is 15.6 Å². The third-order valence-corrected chi connectivity index (χ3v) is 4.82. The van der Waals surface area contributed by atoms with E-state index >= 15 is 0 Å². The van der Waals surface area contributed by atoms with Crippen molar-refractivity contribution in [2.45, 2.75) is 44.9 Å². The standard InChI is InChI=1S/C16H24N4O4S/c1-16(2,3)24-15(21)20-10-12-7-13(20)9-19(12)14-6-5-11(8-17-14)18-25(4,22)23/h5-6,8,12-13,18H,7,9-10H2,1-4H3/t12-,13-/m0/s1. The largest absolute Gasteiger partial charge is 0.444 e. The van der Waals surface area contributed by atoms with Gasteiger partial charge in [0.25, 0.3) is 0 Å². The van der Waals surface area contributed by atoms with Gasteiger partial charge in [-0.1, -0.05) is 0 Å². The molecule has 1 aromatic rings. The van der Waals surface area contributed by atoms with Crippen molar-refractivity contribution in [3.05, 3.63) is 18.3 Å². The molecule has 138 valence electrons. The molecule has 8 nitrogen and oxygen atoms in total. The molecule has 9 heteroatoms. The number of fused-ring (bicyclic) bond motifs is 2. The molecule has 1 N–H and O–H groups in total. The van der Waals surface area contributed by atoms with Crippen LogP contribution in [0.1, 0.15) is 27.2 Å². The van der Waals surface area contributed by atoms with Crippen LogP contribution in [0.25, 0.3) is 0 Å². The van der Waals surface area contributed by atoms with Gasteiger partial charge in [0.2, 0.25) is 10.0 Å². The second kappa shape index (κ2) is 6.05. The number of hydrogen-bond acceptors (Lipinski definition) is 6. The van der Waals surface area contributed by atoms with Crippen molar-refractivity contribution in [2.24, 2.45) is 0 Å². The number of sulfonamides is 1. The highest BCUT2D eigenvalue weighted by Gasteiger charge is 2.46. The fourth-order valence-electron chi connectivity index (χ4n) is 3.32. The second-order valence-corrected chi connectivity index (χ2v) is 9.36. The number of nitrogens with zero attached hydrogens (tertiary/aromatic N) is 3. The molecule has 25 heavy (non-hydrogen) atoms. The Morgan fingerprint density at radius 3 is 2.48 bits per heavy atom. The molecule has 0 spiro atoms. The Morgan fingerprint density at radius 1 is 1.28 bits per heavy atom. The maximum Gasteiger partial charge on any atom is 0.410 e. The summed E-state index contributed by atoms with van der Waals surface area (Å²) in [5.41, 5.74) is -0.0613. The maximum atomic E-state index is 12.3. The Labute approximate surface area is 148 Å². The lowest BCUT2D eigenvalue weighted by atomic mass is 10.2. The van der Waals surface area contributed by atoms with Gasteiger partial charge < -0.3 is 14.5 Å². The Balaban J connectivity index is 1.64. The van der Waals surface area contributed by atoms with Gasteiger partial charge >= 0.3 is 6.09 Å². The van der Waals surface area contributed by atoms with E-state index in [-0.39, 0.29) is 18.2 Å². The first kappa shape index (κ1) is 17.8. The molecule has 0 radical (unpaired) electrons. The average Bonchev–Trinajstić information content (AvgIpc) is 3.04. The molecule has 1 aromatic heterocycles. The Bertz CT molecular complexity index is 757.